The fourth-order valence-corrected chi connectivity index (χ4v) is 3.11. The van der Waals surface area contributed by atoms with Gasteiger partial charge >= 0.3 is 0 Å². The van der Waals surface area contributed by atoms with E-state index in [4.69, 9.17) is 9.47 Å². The second kappa shape index (κ2) is 7.10. The Morgan fingerprint density at radius 3 is 2.56 bits per heavy atom. The van der Waals surface area contributed by atoms with Gasteiger partial charge in [-0.1, -0.05) is 0 Å². The maximum absolute atomic E-state index is 14.4. The molecule has 8 heteroatoms. The van der Waals surface area contributed by atoms with Gasteiger partial charge in [-0.05, 0) is 32.0 Å². The Morgan fingerprint density at radius 1 is 1.28 bits per heavy atom. The van der Waals surface area contributed by atoms with Gasteiger partial charge in [0.15, 0.2) is 17.3 Å². The van der Waals surface area contributed by atoms with Crippen molar-refractivity contribution in [2.45, 2.75) is 18.4 Å². The molecule has 3 rings (SSSR count). The zero-order valence-corrected chi connectivity index (χ0v) is 14.2. The number of carbonyl (C=O) groups is 1. The Hall–Kier alpha value is -2.61. The number of methoxy groups -OCH3 is 2. The van der Waals surface area contributed by atoms with Crippen LogP contribution in [0.3, 0.4) is 0 Å². The van der Waals surface area contributed by atoms with Crippen LogP contribution in [0.2, 0.25) is 0 Å². The lowest BCUT2D eigenvalue weighted by Crippen LogP contribution is -2.52. The number of ether oxygens (including phenoxy) is 2. The molecule has 0 bridgehead atoms. The largest absolute Gasteiger partial charge is 0.493 e. The van der Waals surface area contributed by atoms with Gasteiger partial charge in [-0.3, -0.25) is 9.48 Å². The highest BCUT2D eigenvalue weighted by Gasteiger charge is 2.42. The third-order valence-electron chi connectivity index (χ3n) is 4.52. The Morgan fingerprint density at radius 2 is 1.96 bits per heavy atom. The highest BCUT2D eigenvalue weighted by atomic mass is 19.1. The van der Waals surface area contributed by atoms with E-state index in [2.05, 4.69) is 15.7 Å². The Kier molecular flexibility index (Phi) is 4.89. The number of nitrogens with one attached hydrogen (secondary N) is 2. The number of rotatable bonds is 5. The summed E-state index contributed by atoms with van der Waals surface area (Å²) in [5.41, 5.74) is -0.804. The molecule has 1 aromatic carbocycles. The lowest BCUT2D eigenvalue weighted by atomic mass is 9.87. The number of piperidine rings is 1. The molecule has 1 fully saturated rings. The Bertz CT molecular complexity index is 743. The number of hydrogen-bond acceptors (Lipinski definition) is 5. The average molecular weight is 348 g/mol. The lowest BCUT2D eigenvalue weighted by Gasteiger charge is -2.36. The quantitative estimate of drug-likeness (QED) is 0.861. The minimum Gasteiger partial charge on any atom is -0.493 e. The van der Waals surface area contributed by atoms with Crippen LogP contribution in [-0.2, 0) is 10.3 Å². The van der Waals surface area contributed by atoms with Crippen molar-refractivity contribution in [1.29, 1.82) is 0 Å². The molecule has 1 aliphatic heterocycles. The van der Waals surface area contributed by atoms with E-state index in [9.17, 15) is 9.18 Å². The van der Waals surface area contributed by atoms with Gasteiger partial charge in [0.1, 0.15) is 5.54 Å². The van der Waals surface area contributed by atoms with E-state index in [1.54, 1.807) is 23.1 Å². The van der Waals surface area contributed by atoms with E-state index in [1.165, 1.54) is 26.4 Å². The number of benzene rings is 1. The zero-order chi connectivity index (χ0) is 17.9. The summed E-state index contributed by atoms with van der Waals surface area (Å²) in [4.78, 5) is 13.1. The van der Waals surface area contributed by atoms with E-state index in [0.717, 1.165) is 0 Å². The predicted octanol–water partition coefficient (Wildman–Crippen LogP) is 1.76. The number of hydrogen-bond donors (Lipinski definition) is 2. The summed E-state index contributed by atoms with van der Waals surface area (Å²) in [7, 11) is 2.89. The monoisotopic (exact) mass is 348 g/mol. The van der Waals surface area contributed by atoms with E-state index in [1.807, 2.05) is 0 Å². The summed E-state index contributed by atoms with van der Waals surface area (Å²) in [6.07, 6.45) is 4.52. The molecule has 1 amide bonds. The van der Waals surface area contributed by atoms with Crippen molar-refractivity contribution in [2.75, 3.05) is 32.6 Å². The van der Waals surface area contributed by atoms with Crippen LogP contribution < -0.4 is 20.1 Å². The van der Waals surface area contributed by atoms with Crippen LogP contribution in [0.25, 0.3) is 0 Å². The molecule has 2 heterocycles. The summed E-state index contributed by atoms with van der Waals surface area (Å²) in [6.45, 7) is 1.36. The molecule has 0 radical (unpaired) electrons. The first-order chi connectivity index (χ1) is 12.1. The van der Waals surface area contributed by atoms with Crippen molar-refractivity contribution in [2.24, 2.45) is 0 Å². The molecule has 25 heavy (non-hydrogen) atoms. The van der Waals surface area contributed by atoms with Crippen LogP contribution in [0, 0.1) is 5.82 Å². The third kappa shape index (κ3) is 3.17. The molecule has 134 valence electrons. The van der Waals surface area contributed by atoms with Crippen LogP contribution in [0.1, 0.15) is 12.8 Å². The molecule has 0 aliphatic carbocycles. The second-order valence-electron chi connectivity index (χ2n) is 5.87. The number of amides is 1. The van der Waals surface area contributed by atoms with Gasteiger partial charge in [0.05, 0.1) is 19.9 Å². The minimum absolute atomic E-state index is 0.0488. The van der Waals surface area contributed by atoms with Gasteiger partial charge in [0.25, 0.3) is 5.91 Å². The molecule has 0 unspecified atom stereocenters. The Labute approximate surface area is 145 Å². The van der Waals surface area contributed by atoms with Crippen molar-refractivity contribution < 1.29 is 18.7 Å². The molecule has 1 aromatic heterocycles. The molecule has 0 atom stereocenters. The number of carbonyl (C=O) groups excluding carboxylic acids is 1. The SMILES string of the molecule is COc1cc(F)c(NC(=O)C2(n3cccn3)CCNCC2)cc1OC. The first-order valence-electron chi connectivity index (χ1n) is 8.04. The maximum atomic E-state index is 14.4. The smallest absolute Gasteiger partial charge is 0.252 e. The first-order valence-corrected chi connectivity index (χ1v) is 8.04. The third-order valence-corrected chi connectivity index (χ3v) is 4.52. The standard InChI is InChI=1S/C17H21FN4O3/c1-24-14-10-12(18)13(11-15(14)25-2)21-16(23)17(4-7-19-8-5-17)22-9-3-6-20-22/h3,6,9-11,19H,4-5,7-8H2,1-2H3,(H,21,23). The zero-order valence-electron chi connectivity index (χ0n) is 14.2. The maximum Gasteiger partial charge on any atom is 0.252 e. The molecule has 7 nitrogen and oxygen atoms in total. The van der Waals surface area contributed by atoms with E-state index in [0.29, 0.717) is 31.7 Å². The van der Waals surface area contributed by atoms with Gasteiger partial charge < -0.3 is 20.1 Å². The number of aromatic nitrogens is 2. The van der Waals surface area contributed by atoms with Crippen molar-refractivity contribution in [3.8, 4) is 11.5 Å². The average Bonchev–Trinajstić information content (AvgIpc) is 3.18. The number of anilines is 1. The van der Waals surface area contributed by atoms with Gasteiger partial charge in [0.2, 0.25) is 0 Å². The molecule has 0 spiro atoms. The van der Waals surface area contributed by atoms with E-state index >= 15 is 0 Å². The van der Waals surface area contributed by atoms with Gasteiger partial charge in [0, 0.05) is 24.5 Å². The van der Waals surface area contributed by atoms with Crippen LogP contribution >= 0.6 is 0 Å². The lowest BCUT2D eigenvalue weighted by molar-refractivity contribution is -0.126. The molecular formula is C17H21FN4O3. The summed E-state index contributed by atoms with van der Waals surface area (Å²) < 4.78 is 26.3. The van der Waals surface area contributed by atoms with Crippen LogP contribution in [-0.4, -0.2) is 43.0 Å². The first kappa shape index (κ1) is 17.2. The number of nitrogens with zero attached hydrogens (tertiary/aromatic N) is 2. The van der Waals surface area contributed by atoms with Crippen LogP contribution in [0.4, 0.5) is 10.1 Å². The second-order valence-corrected chi connectivity index (χ2v) is 5.87. The highest BCUT2D eigenvalue weighted by molar-refractivity contribution is 5.97. The van der Waals surface area contributed by atoms with Gasteiger partial charge in [-0.15, -0.1) is 0 Å². The van der Waals surface area contributed by atoms with Gasteiger partial charge in [-0.25, -0.2) is 4.39 Å². The molecule has 2 N–H and O–H groups in total. The predicted molar refractivity (Wildman–Crippen MR) is 90.4 cm³/mol. The topological polar surface area (TPSA) is 77.4 Å². The summed E-state index contributed by atoms with van der Waals surface area (Å²) >= 11 is 0. The fourth-order valence-electron chi connectivity index (χ4n) is 3.11. The van der Waals surface area contributed by atoms with Gasteiger partial charge in [-0.2, -0.15) is 5.10 Å². The highest BCUT2D eigenvalue weighted by Crippen LogP contribution is 2.34. The van der Waals surface area contributed by atoms with Crippen molar-refractivity contribution in [3.63, 3.8) is 0 Å². The molecule has 0 saturated carbocycles. The molecular weight excluding hydrogens is 327 g/mol. The molecule has 2 aromatic rings. The minimum atomic E-state index is -0.853. The number of halogens is 1. The normalized spacial score (nSPS) is 16.3. The molecule has 1 saturated heterocycles. The van der Waals surface area contributed by atoms with Crippen molar-refractivity contribution in [3.05, 3.63) is 36.4 Å². The molecule has 1 aliphatic rings. The van der Waals surface area contributed by atoms with E-state index < -0.39 is 11.4 Å². The fraction of sp³-hybridized carbons (Fsp3) is 0.412. The van der Waals surface area contributed by atoms with Crippen molar-refractivity contribution >= 4 is 11.6 Å². The summed E-state index contributed by atoms with van der Waals surface area (Å²) in [5.74, 6) is -0.279. The summed E-state index contributed by atoms with van der Waals surface area (Å²) in [6, 6.07) is 4.38. The van der Waals surface area contributed by atoms with Crippen molar-refractivity contribution in [1.82, 2.24) is 15.1 Å². The Balaban J connectivity index is 1.92. The van der Waals surface area contributed by atoms with Crippen LogP contribution in [0.5, 0.6) is 11.5 Å². The van der Waals surface area contributed by atoms with E-state index in [-0.39, 0.29) is 17.3 Å². The summed E-state index contributed by atoms with van der Waals surface area (Å²) in [5, 5.41) is 10.2. The van der Waals surface area contributed by atoms with Crippen LogP contribution in [0.15, 0.2) is 30.6 Å².